The third kappa shape index (κ3) is 4.98. The number of nitrogens with zero attached hydrogens (tertiary/aromatic N) is 1. The van der Waals surface area contributed by atoms with Crippen molar-refractivity contribution in [3.63, 3.8) is 0 Å². The molecule has 1 fully saturated rings. The van der Waals surface area contributed by atoms with Gasteiger partial charge in [0.15, 0.2) is 0 Å². The van der Waals surface area contributed by atoms with Crippen molar-refractivity contribution in [2.24, 2.45) is 5.92 Å². The first kappa shape index (κ1) is 20.3. The predicted molar refractivity (Wildman–Crippen MR) is 102 cm³/mol. The minimum Gasteiger partial charge on any atom is -0.494 e. The molecule has 2 atom stereocenters. The van der Waals surface area contributed by atoms with Crippen LogP contribution in [0.1, 0.15) is 64.9 Å². The first-order valence-electron chi connectivity index (χ1n) is 9.67. The second kappa shape index (κ2) is 9.59. The summed E-state index contributed by atoms with van der Waals surface area (Å²) in [6.45, 7) is 7.29. The van der Waals surface area contributed by atoms with Crippen molar-refractivity contribution in [1.29, 1.82) is 5.26 Å². The van der Waals surface area contributed by atoms with Gasteiger partial charge >= 0.3 is 0 Å². The Labute approximate surface area is 156 Å². The predicted octanol–water partition coefficient (Wildman–Crippen LogP) is 4.66. The first-order chi connectivity index (χ1) is 12.5. The fourth-order valence-corrected chi connectivity index (χ4v) is 3.57. The van der Waals surface area contributed by atoms with Gasteiger partial charge in [-0.3, -0.25) is 4.79 Å². The summed E-state index contributed by atoms with van der Waals surface area (Å²) in [6, 6.07) is 7.37. The second-order valence-corrected chi connectivity index (χ2v) is 7.10. The van der Waals surface area contributed by atoms with Crippen LogP contribution in [-0.4, -0.2) is 24.7 Å². The molecule has 0 bridgehead atoms. The van der Waals surface area contributed by atoms with Crippen molar-refractivity contribution >= 4 is 11.6 Å². The van der Waals surface area contributed by atoms with Gasteiger partial charge in [0.05, 0.1) is 17.9 Å². The molecule has 1 aliphatic carbocycles. The van der Waals surface area contributed by atoms with Crippen LogP contribution in [0.3, 0.4) is 0 Å². The zero-order chi connectivity index (χ0) is 19.0. The van der Waals surface area contributed by atoms with Crippen molar-refractivity contribution < 1.29 is 14.3 Å². The molecule has 0 spiro atoms. The second-order valence-electron chi connectivity index (χ2n) is 7.10. The highest BCUT2D eigenvalue weighted by molar-refractivity contribution is 5.98. The van der Waals surface area contributed by atoms with Crippen LogP contribution in [0.15, 0.2) is 18.2 Å². The third-order valence-electron chi connectivity index (χ3n) is 4.92. The molecular weight excluding hydrogens is 328 g/mol. The summed E-state index contributed by atoms with van der Waals surface area (Å²) in [5.74, 6) is 0.951. The van der Waals surface area contributed by atoms with Gasteiger partial charge in [-0.2, -0.15) is 5.26 Å². The fourth-order valence-electron chi connectivity index (χ4n) is 3.57. The van der Waals surface area contributed by atoms with Crippen LogP contribution in [0, 0.1) is 17.2 Å². The molecule has 2 rings (SSSR count). The van der Waals surface area contributed by atoms with Gasteiger partial charge in [0.2, 0.25) is 0 Å². The lowest BCUT2D eigenvalue weighted by Gasteiger charge is -2.38. The number of hydrogen-bond donors (Lipinski definition) is 1. The van der Waals surface area contributed by atoms with Crippen molar-refractivity contribution in [2.75, 3.05) is 18.5 Å². The Hall–Kier alpha value is -2.06. The third-order valence-corrected chi connectivity index (χ3v) is 4.92. The van der Waals surface area contributed by atoms with E-state index in [2.05, 4.69) is 25.2 Å². The summed E-state index contributed by atoms with van der Waals surface area (Å²) in [4.78, 5) is 13.0. The summed E-state index contributed by atoms with van der Waals surface area (Å²) < 4.78 is 11.6. The molecule has 0 saturated heterocycles. The van der Waals surface area contributed by atoms with Crippen molar-refractivity contribution in [3.05, 3.63) is 23.8 Å². The number of nitriles is 1. The summed E-state index contributed by atoms with van der Waals surface area (Å²) in [5, 5.41) is 12.4. The number of carbonyl (C=O) groups is 1. The quantitative estimate of drug-likeness (QED) is 0.686. The van der Waals surface area contributed by atoms with Crippen LogP contribution in [0.4, 0.5) is 5.69 Å². The first-order valence-corrected chi connectivity index (χ1v) is 9.67. The Balaban J connectivity index is 2.15. The lowest BCUT2D eigenvalue weighted by molar-refractivity contribution is -0.147. The zero-order valence-corrected chi connectivity index (χ0v) is 16.1. The van der Waals surface area contributed by atoms with E-state index in [1.54, 1.807) is 18.2 Å². The molecule has 0 heterocycles. The summed E-state index contributed by atoms with van der Waals surface area (Å²) >= 11 is 0. The lowest BCUT2D eigenvalue weighted by Crippen LogP contribution is -2.48. The van der Waals surface area contributed by atoms with Crippen molar-refractivity contribution in [2.45, 2.75) is 64.9 Å². The summed E-state index contributed by atoms with van der Waals surface area (Å²) in [5.41, 5.74) is 0.121. The Kier molecular flexibility index (Phi) is 7.47. The van der Waals surface area contributed by atoms with Crippen LogP contribution in [0.5, 0.6) is 5.75 Å². The zero-order valence-electron chi connectivity index (χ0n) is 16.1. The van der Waals surface area contributed by atoms with Gasteiger partial charge in [-0.15, -0.1) is 0 Å². The lowest BCUT2D eigenvalue weighted by atomic mass is 9.78. The highest BCUT2D eigenvalue weighted by Crippen LogP contribution is 2.36. The molecule has 5 nitrogen and oxygen atoms in total. The molecule has 0 aromatic heterocycles. The number of unbranched alkanes of at least 4 members (excludes halogenated alkanes) is 1. The maximum Gasteiger partial charge on any atom is 0.256 e. The molecule has 1 aromatic carbocycles. The Morgan fingerprint density at radius 2 is 2.23 bits per heavy atom. The van der Waals surface area contributed by atoms with E-state index >= 15 is 0 Å². The maximum atomic E-state index is 13.0. The molecule has 1 amide bonds. The van der Waals surface area contributed by atoms with E-state index in [9.17, 15) is 10.1 Å². The van der Waals surface area contributed by atoms with Crippen molar-refractivity contribution in [3.8, 4) is 11.8 Å². The number of rotatable bonds is 8. The Morgan fingerprint density at radius 1 is 1.42 bits per heavy atom. The Bertz CT molecular complexity index is 649. The van der Waals surface area contributed by atoms with E-state index in [1.165, 1.54) is 0 Å². The largest absolute Gasteiger partial charge is 0.494 e. The van der Waals surface area contributed by atoms with Crippen LogP contribution >= 0.6 is 0 Å². The van der Waals surface area contributed by atoms with Crippen LogP contribution in [0.25, 0.3) is 0 Å². The molecule has 5 heteroatoms. The minimum atomic E-state index is -0.796. The molecule has 26 heavy (non-hydrogen) atoms. The van der Waals surface area contributed by atoms with Crippen LogP contribution in [-0.2, 0) is 9.53 Å². The van der Waals surface area contributed by atoms with E-state index in [-0.39, 0.29) is 5.91 Å². The van der Waals surface area contributed by atoms with Gasteiger partial charge in [0.1, 0.15) is 17.4 Å². The number of nitrogens with one attached hydrogen (secondary N) is 1. The van der Waals surface area contributed by atoms with Crippen molar-refractivity contribution in [1.82, 2.24) is 0 Å². The SMILES string of the molecule is CCCCOc1ccc(NC(=O)[C@@]2(OCC)CCC[C@@H](C)C2)c(C#N)c1. The normalized spacial score (nSPS) is 22.5. The molecule has 142 valence electrons. The van der Waals surface area contributed by atoms with E-state index in [0.717, 1.165) is 32.1 Å². The summed E-state index contributed by atoms with van der Waals surface area (Å²) in [7, 11) is 0. The highest BCUT2D eigenvalue weighted by Gasteiger charge is 2.42. The van der Waals surface area contributed by atoms with Gasteiger partial charge in [0, 0.05) is 6.61 Å². The van der Waals surface area contributed by atoms with Gasteiger partial charge in [-0.1, -0.05) is 26.7 Å². The molecule has 0 radical (unpaired) electrons. The molecule has 0 aliphatic heterocycles. The number of anilines is 1. The number of carbonyl (C=O) groups excluding carboxylic acids is 1. The number of hydrogen-bond acceptors (Lipinski definition) is 4. The standard InChI is InChI=1S/C21H30N2O3/c1-4-6-12-25-18-9-10-19(17(13-18)15-22)23-20(24)21(26-5-2)11-7-8-16(3)14-21/h9-10,13,16H,4-8,11-12,14H2,1-3H3,(H,23,24)/t16-,21-/m1/s1. The molecule has 0 unspecified atom stereocenters. The number of amides is 1. The molecule has 1 N–H and O–H groups in total. The molecule has 1 aromatic rings. The van der Waals surface area contributed by atoms with E-state index in [4.69, 9.17) is 9.47 Å². The molecule has 1 aliphatic rings. The minimum absolute atomic E-state index is 0.151. The van der Waals surface area contributed by atoms with Gasteiger partial charge in [-0.25, -0.2) is 0 Å². The molecule has 1 saturated carbocycles. The van der Waals surface area contributed by atoms with E-state index in [0.29, 0.717) is 42.6 Å². The number of ether oxygens (including phenoxy) is 2. The van der Waals surface area contributed by atoms with Gasteiger partial charge in [-0.05, 0) is 56.7 Å². The molecular formula is C21H30N2O3. The Morgan fingerprint density at radius 3 is 2.88 bits per heavy atom. The van der Waals surface area contributed by atoms with Gasteiger partial charge in [0.25, 0.3) is 5.91 Å². The average molecular weight is 358 g/mol. The van der Waals surface area contributed by atoms with Crippen LogP contribution < -0.4 is 10.1 Å². The van der Waals surface area contributed by atoms with Crippen LogP contribution in [0.2, 0.25) is 0 Å². The average Bonchev–Trinajstić information content (AvgIpc) is 2.63. The maximum absolute atomic E-state index is 13.0. The summed E-state index contributed by atoms with van der Waals surface area (Å²) in [6.07, 6.45) is 5.55. The fraction of sp³-hybridized carbons (Fsp3) is 0.619. The van der Waals surface area contributed by atoms with E-state index < -0.39 is 5.60 Å². The van der Waals surface area contributed by atoms with E-state index in [1.807, 2.05) is 6.92 Å². The smallest absolute Gasteiger partial charge is 0.256 e. The van der Waals surface area contributed by atoms with Gasteiger partial charge < -0.3 is 14.8 Å². The topological polar surface area (TPSA) is 71.3 Å². The number of benzene rings is 1. The highest BCUT2D eigenvalue weighted by atomic mass is 16.5. The monoisotopic (exact) mass is 358 g/mol.